The lowest BCUT2D eigenvalue weighted by molar-refractivity contribution is 0.0953. The Labute approximate surface area is 181 Å². The van der Waals surface area contributed by atoms with Crippen molar-refractivity contribution in [3.63, 3.8) is 0 Å². The summed E-state index contributed by atoms with van der Waals surface area (Å²) in [6.45, 7) is 0.404. The molecule has 9 heteroatoms. The van der Waals surface area contributed by atoms with Gasteiger partial charge in [-0.15, -0.1) is 11.3 Å². The van der Waals surface area contributed by atoms with Crippen LogP contribution >= 0.6 is 11.3 Å². The van der Waals surface area contributed by atoms with Gasteiger partial charge in [-0.1, -0.05) is 24.3 Å². The van der Waals surface area contributed by atoms with Crippen LogP contribution in [0.5, 0.6) is 0 Å². The fourth-order valence-electron chi connectivity index (χ4n) is 3.23. The molecule has 152 valence electrons. The summed E-state index contributed by atoms with van der Waals surface area (Å²) in [5.41, 5.74) is 9.46. The Morgan fingerprint density at radius 3 is 2.65 bits per heavy atom. The van der Waals surface area contributed by atoms with Crippen molar-refractivity contribution in [2.75, 3.05) is 5.73 Å². The topological polar surface area (TPSA) is 111 Å². The SMILES string of the molecule is Nc1c(C(=O)NCc2cccs2)c2nc3ccccc3nc2n1/N=C\c1ccccn1. The monoisotopic (exact) mass is 427 g/mol. The molecule has 0 aliphatic carbocycles. The van der Waals surface area contributed by atoms with E-state index in [1.807, 2.05) is 60.0 Å². The van der Waals surface area contributed by atoms with E-state index in [2.05, 4.69) is 25.4 Å². The second-order valence-electron chi connectivity index (χ2n) is 6.72. The first kappa shape index (κ1) is 18.9. The molecule has 5 rings (SSSR count). The number of carbonyl (C=O) groups excluding carboxylic acids is 1. The van der Waals surface area contributed by atoms with Gasteiger partial charge in [0.2, 0.25) is 0 Å². The summed E-state index contributed by atoms with van der Waals surface area (Å²) >= 11 is 1.57. The maximum Gasteiger partial charge on any atom is 0.257 e. The van der Waals surface area contributed by atoms with Gasteiger partial charge in [0.25, 0.3) is 5.91 Å². The molecule has 0 spiro atoms. The van der Waals surface area contributed by atoms with Crippen molar-refractivity contribution in [1.29, 1.82) is 0 Å². The first-order valence-corrected chi connectivity index (χ1v) is 10.4. The van der Waals surface area contributed by atoms with Crippen LogP contribution < -0.4 is 11.1 Å². The van der Waals surface area contributed by atoms with Gasteiger partial charge < -0.3 is 11.1 Å². The van der Waals surface area contributed by atoms with Crippen LogP contribution in [0.3, 0.4) is 0 Å². The number of para-hydroxylation sites is 2. The molecule has 0 unspecified atom stereocenters. The third-order valence-corrected chi connectivity index (χ3v) is 5.57. The first-order valence-electron chi connectivity index (χ1n) is 9.53. The molecule has 1 aromatic carbocycles. The summed E-state index contributed by atoms with van der Waals surface area (Å²) in [4.78, 5) is 27.7. The van der Waals surface area contributed by atoms with Gasteiger partial charge in [-0.2, -0.15) is 9.78 Å². The van der Waals surface area contributed by atoms with Crippen molar-refractivity contribution in [2.45, 2.75) is 6.54 Å². The van der Waals surface area contributed by atoms with Crippen LogP contribution in [0.25, 0.3) is 22.2 Å². The maximum atomic E-state index is 13.1. The molecule has 0 bridgehead atoms. The second-order valence-corrected chi connectivity index (χ2v) is 7.75. The van der Waals surface area contributed by atoms with Gasteiger partial charge in [0.1, 0.15) is 16.9 Å². The van der Waals surface area contributed by atoms with Gasteiger partial charge in [-0.05, 0) is 35.7 Å². The smallest absolute Gasteiger partial charge is 0.257 e. The second kappa shape index (κ2) is 7.96. The van der Waals surface area contributed by atoms with Gasteiger partial charge in [0.05, 0.1) is 29.5 Å². The predicted molar refractivity (Wildman–Crippen MR) is 122 cm³/mol. The standard InChI is InChI=1S/C22H17N7OS/c23-20-18(22(30)25-13-15-7-5-11-31-15)19-21(28-17-9-2-1-8-16(17)27-19)29(20)26-12-14-6-3-4-10-24-14/h1-12H,13,23H2,(H,25,30)/b26-12-. The molecular formula is C22H17N7OS. The Hall–Kier alpha value is -4.11. The summed E-state index contributed by atoms with van der Waals surface area (Å²) < 4.78 is 1.43. The Kier molecular flexibility index (Phi) is 4.85. The molecule has 5 aromatic rings. The maximum absolute atomic E-state index is 13.1. The third-order valence-electron chi connectivity index (χ3n) is 4.70. The highest BCUT2D eigenvalue weighted by atomic mass is 32.1. The van der Waals surface area contributed by atoms with Gasteiger partial charge in [-0.3, -0.25) is 9.78 Å². The Morgan fingerprint density at radius 2 is 1.90 bits per heavy atom. The number of aromatic nitrogens is 4. The van der Waals surface area contributed by atoms with Crippen LogP contribution in [-0.4, -0.2) is 31.7 Å². The van der Waals surface area contributed by atoms with E-state index in [1.54, 1.807) is 23.7 Å². The minimum atomic E-state index is -0.327. The molecule has 31 heavy (non-hydrogen) atoms. The number of anilines is 1. The lowest BCUT2D eigenvalue weighted by Gasteiger charge is -2.04. The fraction of sp³-hybridized carbons (Fsp3) is 0.0455. The number of carbonyl (C=O) groups is 1. The average molecular weight is 427 g/mol. The van der Waals surface area contributed by atoms with E-state index in [-0.39, 0.29) is 17.3 Å². The minimum Gasteiger partial charge on any atom is -0.383 e. The third kappa shape index (κ3) is 3.62. The van der Waals surface area contributed by atoms with Crippen molar-refractivity contribution in [3.05, 3.63) is 82.3 Å². The van der Waals surface area contributed by atoms with E-state index < -0.39 is 0 Å². The van der Waals surface area contributed by atoms with Gasteiger partial charge in [-0.25, -0.2) is 9.97 Å². The summed E-state index contributed by atoms with van der Waals surface area (Å²) in [6.07, 6.45) is 3.25. The fourth-order valence-corrected chi connectivity index (χ4v) is 3.87. The summed E-state index contributed by atoms with van der Waals surface area (Å²) in [6, 6.07) is 16.9. The number of hydrogen-bond donors (Lipinski definition) is 2. The quantitative estimate of drug-likeness (QED) is 0.418. The zero-order valence-corrected chi connectivity index (χ0v) is 17.1. The number of hydrogen-bond acceptors (Lipinski definition) is 7. The number of fused-ring (bicyclic) bond motifs is 2. The molecule has 0 atom stereocenters. The summed E-state index contributed by atoms with van der Waals surface area (Å²) in [5, 5.41) is 9.33. The van der Waals surface area contributed by atoms with Crippen molar-refractivity contribution >= 4 is 51.5 Å². The molecule has 4 aromatic heterocycles. The molecule has 8 nitrogen and oxygen atoms in total. The van der Waals surface area contributed by atoms with Crippen molar-refractivity contribution < 1.29 is 4.79 Å². The number of nitrogen functional groups attached to an aromatic ring is 1. The van der Waals surface area contributed by atoms with Crippen LogP contribution in [0.15, 0.2) is 71.3 Å². The number of thiophene rings is 1. The highest BCUT2D eigenvalue weighted by molar-refractivity contribution is 7.09. The van der Waals surface area contributed by atoms with E-state index in [4.69, 9.17) is 5.73 Å². The van der Waals surface area contributed by atoms with E-state index in [0.717, 1.165) is 4.88 Å². The Bertz CT molecular complexity index is 1410. The highest BCUT2D eigenvalue weighted by Crippen LogP contribution is 2.28. The molecule has 0 radical (unpaired) electrons. The molecule has 3 N–H and O–H groups in total. The molecule has 0 aliphatic heterocycles. The predicted octanol–water partition coefficient (Wildman–Crippen LogP) is 3.44. The summed E-state index contributed by atoms with van der Waals surface area (Å²) in [7, 11) is 0. The van der Waals surface area contributed by atoms with Crippen LogP contribution in [0.4, 0.5) is 5.82 Å². The first-order chi connectivity index (χ1) is 15.2. The lowest BCUT2D eigenvalue weighted by Crippen LogP contribution is -2.23. The number of pyridine rings is 1. The van der Waals surface area contributed by atoms with Gasteiger partial charge in [0, 0.05) is 11.1 Å². The Morgan fingerprint density at radius 1 is 1.10 bits per heavy atom. The zero-order chi connectivity index (χ0) is 21.2. The molecule has 0 fully saturated rings. The number of nitrogens with two attached hydrogens (primary N) is 1. The molecule has 4 heterocycles. The van der Waals surface area contributed by atoms with E-state index >= 15 is 0 Å². The molecule has 0 aliphatic rings. The Balaban J connectivity index is 1.63. The molecule has 1 amide bonds. The number of rotatable bonds is 5. The lowest BCUT2D eigenvalue weighted by atomic mass is 10.2. The van der Waals surface area contributed by atoms with Crippen molar-refractivity contribution in [2.24, 2.45) is 5.10 Å². The summed E-state index contributed by atoms with van der Waals surface area (Å²) in [5.74, 6) is -0.159. The van der Waals surface area contributed by atoms with Crippen molar-refractivity contribution in [3.8, 4) is 0 Å². The largest absolute Gasteiger partial charge is 0.383 e. The van der Waals surface area contributed by atoms with Crippen LogP contribution in [-0.2, 0) is 6.54 Å². The van der Waals surface area contributed by atoms with Gasteiger partial charge >= 0.3 is 0 Å². The zero-order valence-electron chi connectivity index (χ0n) is 16.3. The van der Waals surface area contributed by atoms with Crippen LogP contribution in [0.2, 0.25) is 0 Å². The normalized spacial score (nSPS) is 11.5. The number of nitrogens with zero attached hydrogens (tertiary/aromatic N) is 5. The number of benzene rings is 1. The highest BCUT2D eigenvalue weighted by Gasteiger charge is 2.24. The minimum absolute atomic E-state index is 0.168. The van der Waals surface area contributed by atoms with E-state index in [1.165, 1.54) is 4.68 Å². The van der Waals surface area contributed by atoms with Gasteiger partial charge in [0.15, 0.2) is 5.65 Å². The number of amides is 1. The van der Waals surface area contributed by atoms with E-state index in [9.17, 15) is 4.79 Å². The van der Waals surface area contributed by atoms with E-state index in [0.29, 0.717) is 34.4 Å². The van der Waals surface area contributed by atoms with Crippen molar-refractivity contribution in [1.82, 2.24) is 24.9 Å². The molecule has 0 saturated heterocycles. The molecular weight excluding hydrogens is 410 g/mol. The van der Waals surface area contributed by atoms with Crippen LogP contribution in [0, 0.1) is 0 Å². The average Bonchev–Trinajstić information content (AvgIpc) is 3.41. The molecule has 0 saturated carbocycles. The number of nitrogens with one attached hydrogen (secondary N) is 1. The van der Waals surface area contributed by atoms with Crippen LogP contribution in [0.1, 0.15) is 20.9 Å².